The number of sulfonamides is 1. The van der Waals surface area contributed by atoms with Gasteiger partial charge in [-0.2, -0.15) is 0 Å². The molecule has 0 aromatic heterocycles. The Bertz CT molecular complexity index is 1040. The smallest absolute Gasteiger partial charge is 0.275 e. The van der Waals surface area contributed by atoms with E-state index in [1.54, 1.807) is 0 Å². The second-order valence-electron chi connectivity index (χ2n) is 5.41. The lowest BCUT2D eigenvalue weighted by atomic mass is 10.1. The van der Waals surface area contributed by atoms with Crippen molar-refractivity contribution in [3.63, 3.8) is 0 Å². The Morgan fingerprint density at radius 2 is 1.85 bits per heavy atom. The fourth-order valence-electron chi connectivity index (χ4n) is 2.12. The van der Waals surface area contributed by atoms with Crippen LogP contribution in [0.3, 0.4) is 0 Å². The molecule has 0 aliphatic heterocycles. The zero-order chi connectivity index (χ0) is 19.8. The number of hydrogen-bond acceptors (Lipinski definition) is 5. The van der Waals surface area contributed by atoms with Crippen LogP contribution in [-0.2, 0) is 10.0 Å². The van der Waals surface area contributed by atoms with E-state index in [1.807, 2.05) is 0 Å². The Hall–Kier alpha value is -2.72. The highest BCUT2D eigenvalue weighted by Crippen LogP contribution is 2.31. The summed E-state index contributed by atoms with van der Waals surface area (Å²) in [5.41, 5.74) is 4.18. The molecule has 3 N–H and O–H groups in total. The molecule has 0 spiro atoms. The zero-order valence-corrected chi connectivity index (χ0v) is 15.1. The van der Waals surface area contributed by atoms with Crippen LogP contribution >= 0.6 is 11.6 Å². The van der Waals surface area contributed by atoms with Crippen LogP contribution in [0.1, 0.15) is 21.5 Å². The molecule has 1 amide bonds. The first kappa shape index (κ1) is 19.6. The Labute approximate surface area is 153 Å². The van der Waals surface area contributed by atoms with Gasteiger partial charge in [0.05, 0.1) is 20.5 Å². The molecule has 2 rings (SSSR count). The summed E-state index contributed by atoms with van der Waals surface area (Å²) in [5.74, 6) is -1.79. The van der Waals surface area contributed by atoms with E-state index in [-0.39, 0.29) is 27.4 Å². The van der Waals surface area contributed by atoms with E-state index in [4.69, 9.17) is 17.3 Å². The van der Waals surface area contributed by atoms with Gasteiger partial charge in [-0.25, -0.2) is 12.8 Å². The van der Waals surface area contributed by atoms with E-state index in [9.17, 15) is 27.7 Å². The molecule has 0 radical (unpaired) electrons. The highest BCUT2D eigenvalue weighted by Gasteiger charge is 2.24. The number of primary amides is 1. The molecule has 2 aromatic carbocycles. The average molecular weight is 402 g/mol. The van der Waals surface area contributed by atoms with Gasteiger partial charge >= 0.3 is 0 Å². The second-order valence-corrected chi connectivity index (χ2v) is 7.50. The van der Waals surface area contributed by atoms with Crippen LogP contribution in [0, 0.1) is 29.8 Å². The maximum absolute atomic E-state index is 13.9. The number of nitro benzene ring substituents is 1. The molecule has 0 atom stereocenters. The number of hydrogen-bond donors (Lipinski definition) is 2. The van der Waals surface area contributed by atoms with E-state index >= 15 is 0 Å². The van der Waals surface area contributed by atoms with Crippen LogP contribution in [-0.4, -0.2) is 19.2 Å². The highest BCUT2D eigenvalue weighted by atomic mass is 35.5. The fraction of sp³-hybridized carbons (Fsp3) is 0.133. The van der Waals surface area contributed by atoms with Gasteiger partial charge in [-0.3, -0.25) is 19.6 Å². The number of halogens is 2. The van der Waals surface area contributed by atoms with Gasteiger partial charge in [0.25, 0.3) is 15.7 Å². The van der Waals surface area contributed by atoms with Crippen molar-refractivity contribution >= 4 is 38.9 Å². The highest BCUT2D eigenvalue weighted by molar-refractivity contribution is 7.92. The summed E-state index contributed by atoms with van der Waals surface area (Å²) in [5, 5.41) is 10.9. The zero-order valence-electron chi connectivity index (χ0n) is 13.5. The molecule has 2 aromatic rings. The Morgan fingerprint density at radius 3 is 2.38 bits per heavy atom. The molecule has 138 valence electrons. The first-order valence-electron chi connectivity index (χ1n) is 7.01. The largest absolute Gasteiger partial charge is 0.366 e. The number of rotatable bonds is 5. The maximum atomic E-state index is 13.9. The molecule has 8 nitrogen and oxygen atoms in total. The molecule has 0 saturated carbocycles. The third-order valence-electron chi connectivity index (χ3n) is 3.67. The number of amides is 1. The molecule has 11 heteroatoms. The SMILES string of the molecule is Cc1c(F)cc(C(N)=O)cc1NS(=O)(=O)c1cc(Cl)c(C)c([N+](=O)[O-])c1. The van der Waals surface area contributed by atoms with Crippen LogP contribution in [0.15, 0.2) is 29.2 Å². The normalized spacial score (nSPS) is 11.2. The van der Waals surface area contributed by atoms with Crippen molar-refractivity contribution in [1.29, 1.82) is 0 Å². The van der Waals surface area contributed by atoms with Crippen molar-refractivity contribution in [2.45, 2.75) is 18.7 Å². The standard InChI is InChI=1S/C15H13ClFN3O5S/c1-7-11(16)5-10(6-14(7)20(22)23)26(24,25)19-13-4-9(15(18)21)3-12(17)8(13)2/h3-6,19H,1-2H3,(H2,18,21). The van der Waals surface area contributed by atoms with Crippen LogP contribution in [0.5, 0.6) is 0 Å². The molecular formula is C15H13ClFN3O5S. The molecule has 0 unspecified atom stereocenters. The van der Waals surface area contributed by atoms with Crippen LogP contribution < -0.4 is 10.5 Å². The van der Waals surface area contributed by atoms with Gasteiger partial charge in [0, 0.05) is 22.8 Å². The van der Waals surface area contributed by atoms with Crippen LogP contribution in [0.2, 0.25) is 5.02 Å². The van der Waals surface area contributed by atoms with Gasteiger partial charge in [-0.1, -0.05) is 11.6 Å². The number of anilines is 1. The summed E-state index contributed by atoms with van der Waals surface area (Å²) < 4.78 is 41.1. The minimum Gasteiger partial charge on any atom is -0.366 e. The average Bonchev–Trinajstić information content (AvgIpc) is 2.53. The number of nitrogens with two attached hydrogens (primary N) is 1. The van der Waals surface area contributed by atoms with Crippen molar-refractivity contribution in [3.05, 3.63) is 61.9 Å². The lowest BCUT2D eigenvalue weighted by molar-refractivity contribution is -0.385. The number of nitrogens with zero attached hydrogens (tertiary/aromatic N) is 1. The molecule has 0 saturated heterocycles. The molecule has 0 aliphatic carbocycles. The summed E-state index contributed by atoms with van der Waals surface area (Å²) >= 11 is 5.88. The third kappa shape index (κ3) is 3.75. The van der Waals surface area contributed by atoms with E-state index in [0.29, 0.717) is 0 Å². The van der Waals surface area contributed by atoms with Gasteiger partial charge in [0.15, 0.2) is 0 Å². The van der Waals surface area contributed by atoms with Crippen LogP contribution in [0.4, 0.5) is 15.8 Å². The summed E-state index contributed by atoms with van der Waals surface area (Å²) in [6.45, 7) is 2.67. The number of carbonyl (C=O) groups excluding carboxylic acids is 1. The summed E-state index contributed by atoms with van der Waals surface area (Å²) in [4.78, 5) is 21.1. The number of nitro groups is 1. The predicted octanol–water partition coefficient (Wildman–Crippen LogP) is 2.90. The number of benzene rings is 2. The van der Waals surface area contributed by atoms with Crippen molar-refractivity contribution in [1.82, 2.24) is 0 Å². The van der Waals surface area contributed by atoms with E-state index < -0.39 is 37.3 Å². The molecule has 0 aliphatic rings. The Kier molecular flexibility index (Phi) is 5.19. The lowest BCUT2D eigenvalue weighted by Crippen LogP contribution is -2.17. The Morgan fingerprint density at radius 1 is 1.23 bits per heavy atom. The third-order valence-corrected chi connectivity index (χ3v) is 5.41. The van der Waals surface area contributed by atoms with E-state index in [1.165, 1.54) is 13.8 Å². The van der Waals surface area contributed by atoms with E-state index in [0.717, 1.165) is 24.3 Å². The number of nitrogens with one attached hydrogen (secondary N) is 1. The summed E-state index contributed by atoms with van der Waals surface area (Å²) in [6, 6.07) is 3.83. The quantitative estimate of drug-likeness (QED) is 0.587. The molecule has 0 bridgehead atoms. The monoisotopic (exact) mass is 401 g/mol. The van der Waals surface area contributed by atoms with Gasteiger partial charge in [-0.05, 0) is 32.0 Å². The molecule has 0 heterocycles. The lowest BCUT2D eigenvalue weighted by Gasteiger charge is -2.13. The van der Waals surface area contributed by atoms with Gasteiger partial charge in [-0.15, -0.1) is 0 Å². The second kappa shape index (κ2) is 6.89. The molecule has 0 fully saturated rings. The van der Waals surface area contributed by atoms with E-state index in [2.05, 4.69) is 4.72 Å². The van der Waals surface area contributed by atoms with Gasteiger partial charge in [0.2, 0.25) is 5.91 Å². The molecular weight excluding hydrogens is 389 g/mol. The minimum atomic E-state index is -4.35. The minimum absolute atomic E-state index is 0.0775. The predicted molar refractivity (Wildman–Crippen MR) is 93.3 cm³/mol. The van der Waals surface area contributed by atoms with Crippen LogP contribution in [0.25, 0.3) is 0 Å². The Balaban J connectivity index is 2.57. The topological polar surface area (TPSA) is 132 Å². The first-order valence-corrected chi connectivity index (χ1v) is 8.87. The van der Waals surface area contributed by atoms with Crippen molar-refractivity contribution in [2.24, 2.45) is 5.73 Å². The maximum Gasteiger partial charge on any atom is 0.275 e. The van der Waals surface area contributed by atoms with Gasteiger partial charge in [0.1, 0.15) is 5.82 Å². The summed E-state index contributed by atoms with van der Waals surface area (Å²) in [6.07, 6.45) is 0. The number of carbonyl (C=O) groups is 1. The van der Waals surface area contributed by atoms with Gasteiger partial charge < -0.3 is 5.73 Å². The fourth-order valence-corrected chi connectivity index (χ4v) is 3.55. The summed E-state index contributed by atoms with van der Waals surface area (Å²) in [7, 11) is -4.35. The van der Waals surface area contributed by atoms with Crippen molar-refractivity contribution < 1.29 is 22.5 Å². The molecule has 26 heavy (non-hydrogen) atoms. The van der Waals surface area contributed by atoms with Crippen molar-refractivity contribution in [3.8, 4) is 0 Å². The first-order chi connectivity index (χ1) is 11.9. The van der Waals surface area contributed by atoms with Crippen molar-refractivity contribution in [2.75, 3.05) is 4.72 Å².